The van der Waals surface area contributed by atoms with Gasteiger partial charge in [0, 0.05) is 25.6 Å². The molecule has 0 unspecified atom stereocenters. The summed E-state index contributed by atoms with van der Waals surface area (Å²) in [5, 5.41) is 18.5. The zero-order valence-electron chi connectivity index (χ0n) is 14.4. The summed E-state index contributed by atoms with van der Waals surface area (Å²) in [5.74, 6) is -1.40. The van der Waals surface area contributed by atoms with Gasteiger partial charge in [-0.3, -0.25) is 15.0 Å². The first-order chi connectivity index (χ1) is 12.3. The fourth-order valence-corrected chi connectivity index (χ4v) is 2.77. The minimum atomic E-state index is -0.995. The van der Waals surface area contributed by atoms with E-state index < -0.39 is 18.2 Å². The molecule has 0 bridgehead atoms. The summed E-state index contributed by atoms with van der Waals surface area (Å²) < 4.78 is 5.27. The number of nitrogens with two attached hydrogens (primary N) is 1. The fourth-order valence-electron chi connectivity index (χ4n) is 2.77. The van der Waals surface area contributed by atoms with Gasteiger partial charge in [0.25, 0.3) is 0 Å². The zero-order chi connectivity index (χ0) is 19.3. The smallest absolute Gasteiger partial charge is 0.410 e. The van der Waals surface area contributed by atoms with Crippen LogP contribution in [0.25, 0.3) is 0 Å². The van der Waals surface area contributed by atoms with Gasteiger partial charge in [0.15, 0.2) is 0 Å². The minimum absolute atomic E-state index is 0.0266. The molecule has 2 rings (SSSR count). The molecule has 0 aliphatic carbocycles. The number of carbonyl (C=O) groups is 3. The highest BCUT2D eigenvalue weighted by Gasteiger charge is 2.34. The lowest BCUT2D eigenvalue weighted by atomic mass is 9.95. The number of aliphatic carboxylic acids is 1. The number of amidine groups is 1. The van der Waals surface area contributed by atoms with E-state index in [-0.39, 0.29) is 37.2 Å². The maximum atomic E-state index is 12.1. The van der Waals surface area contributed by atoms with Gasteiger partial charge < -0.3 is 25.8 Å². The Hall–Kier alpha value is -3.10. The van der Waals surface area contributed by atoms with Crippen LogP contribution >= 0.6 is 0 Å². The van der Waals surface area contributed by atoms with Crippen LogP contribution in [0, 0.1) is 5.41 Å². The van der Waals surface area contributed by atoms with Gasteiger partial charge in [0.1, 0.15) is 11.9 Å². The van der Waals surface area contributed by atoms with E-state index in [1.165, 1.54) is 4.90 Å². The van der Waals surface area contributed by atoms with Gasteiger partial charge in [0.05, 0.1) is 18.9 Å². The van der Waals surface area contributed by atoms with Crippen molar-refractivity contribution in [2.45, 2.75) is 31.4 Å². The molecule has 1 fully saturated rings. The molecule has 1 heterocycles. The van der Waals surface area contributed by atoms with Crippen LogP contribution in [-0.4, -0.2) is 53.5 Å². The quantitative estimate of drug-likeness (QED) is 0.417. The van der Waals surface area contributed by atoms with E-state index in [0.717, 1.165) is 5.56 Å². The lowest BCUT2D eigenvalue weighted by molar-refractivity contribution is -0.136. The van der Waals surface area contributed by atoms with E-state index >= 15 is 0 Å². The third kappa shape index (κ3) is 4.95. The Labute approximate surface area is 150 Å². The molecule has 0 saturated carbocycles. The Morgan fingerprint density at radius 1 is 1.38 bits per heavy atom. The van der Waals surface area contributed by atoms with Gasteiger partial charge in [-0.25, -0.2) is 4.79 Å². The molecule has 0 spiro atoms. The Balaban J connectivity index is 2.01. The van der Waals surface area contributed by atoms with Crippen LogP contribution in [0.5, 0.6) is 0 Å². The number of amides is 2. The second kappa shape index (κ2) is 8.32. The lowest BCUT2D eigenvalue weighted by Gasteiger charge is -2.36. The van der Waals surface area contributed by atoms with E-state index in [4.69, 9.17) is 21.0 Å². The van der Waals surface area contributed by atoms with Crippen molar-refractivity contribution in [1.82, 2.24) is 10.2 Å². The standard InChI is InChI=1S/C17H22N4O5/c1-21-13(10-2-4-11(5-3-10)16(18)19)8-12(26-17(21)25)9-14(22)20-7-6-15(23)24/h2-5,12-13H,6-9H2,1H3,(H3,18,19)(H,20,22)(H,23,24)/t12-,13+/m1/s1. The number of ether oxygens (including phenoxy) is 1. The summed E-state index contributed by atoms with van der Waals surface area (Å²) in [7, 11) is 1.62. The average molecular weight is 362 g/mol. The zero-order valence-corrected chi connectivity index (χ0v) is 14.4. The fraction of sp³-hybridized carbons (Fsp3) is 0.412. The van der Waals surface area contributed by atoms with Crippen molar-refractivity contribution < 1.29 is 24.2 Å². The molecule has 5 N–H and O–H groups in total. The van der Waals surface area contributed by atoms with Gasteiger partial charge in [0.2, 0.25) is 5.91 Å². The number of nitrogens with one attached hydrogen (secondary N) is 2. The summed E-state index contributed by atoms with van der Waals surface area (Å²) in [6.45, 7) is 0.0324. The largest absolute Gasteiger partial charge is 0.481 e. The molecule has 26 heavy (non-hydrogen) atoms. The molecule has 2 atom stereocenters. The number of carboxylic acids is 1. The van der Waals surface area contributed by atoms with Crippen molar-refractivity contribution in [1.29, 1.82) is 5.41 Å². The number of nitrogens with zero attached hydrogens (tertiary/aromatic N) is 1. The van der Waals surface area contributed by atoms with Crippen molar-refractivity contribution in [3.05, 3.63) is 35.4 Å². The molecule has 2 amide bonds. The third-order valence-corrected chi connectivity index (χ3v) is 4.19. The number of nitrogen functional groups attached to an aromatic ring is 1. The first-order valence-electron chi connectivity index (χ1n) is 8.14. The molecule has 140 valence electrons. The van der Waals surface area contributed by atoms with Gasteiger partial charge in [-0.15, -0.1) is 0 Å². The number of cyclic esters (lactones) is 1. The Morgan fingerprint density at radius 2 is 2.04 bits per heavy atom. The molecular formula is C17H22N4O5. The first-order valence-corrected chi connectivity index (χ1v) is 8.14. The topological polar surface area (TPSA) is 146 Å². The van der Waals surface area contributed by atoms with Crippen LogP contribution in [0.15, 0.2) is 24.3 Å². The molecule has 9 nitrogen and oxygen atoms in total. The monoisotopic (exact) mass is 362 g/mol. The number of hydrogen-bond donors (Lipinski definition) is 4. The van der Waals surface area contributed by atoms with Crippen molar-refractivity contribution in [2.75, 3.05) is 13.6 Å². The van der Waals surface area contributed by atoms with Crippen molar-refractivity contribution in [3.8, 4) is 0 Å². The Bertz CT molecular complexity index is 704. The lowest BCUT2D eigenvalue weighted by Crippen LogP contribution is -2.43. The Morgan fingerprint density at radius 3 is 2.62 bits per heavy atom. The van der Waals surface area contributed by atoms with Gasteiger partial charge in [-0.2, -0.15) is 0 Å². The highest BCUT2D eigenvalue weighted by Crippen LogP contribution is 2.31. The molecule has 0 radical (unpaired) electrons. The minimum Gasteiger partial charge on any atom is -0.481 e. The molecule has 1 aliphatic heterocycles. The Kier molecular flexibility index (Phi) is 6.16. The van der Waals surface area contributed by atoms with Crippen molar-refractivity contribution in [3.63, 3.8) is 0 Å². The summed E-state index contributed by atoms with van der Waals surface area (Å²) >= 11 is 0. The molecule has 1 aromatic carbocycles. The molecular weight excluding hydrogens is 340 g/mol. The number of rotatable bonds is 7. The van der Waals surface area contributed by atoms with E-state index in [0.29, 0.717) is 12.0 Å². The van der Waals surface area contributed by atoms with Crippen LogP contribution in [-0.2, 0) is 14.3 Å². The molecule has 1 aliphatic rings. The number of carboxylic acid groups (broad SMARTS) is 1. The predicted molar refractivity (Wildman–Crippen MR) is 92.7 cm³/mol. The predicted octanol–water partition coefficient (Wildman–Crippen LogP) is 0.833. The van der Waals surface area contributed by atoms with E-state index in [2.05, 4.69) is 5.32 Å². The summed E-state index contributed by atoms with van der Waals surface area (Å²) in [6, 6.07) is 6.73. The number of carbonyl (C=O) groups excluding carboxylic acids is 2. The second-order valence-electron chi connectivity index (χ2n) is 6.10. The maximum Gasteiger partial charge on any atom is 0.410 e. The van der Waals surface area contributed by atoms with Crippen molar-refractivity contribution in [2.24, 2.45) is 5.73 Å². The van der Waals surface area contributed by atoms with Crippen LogP contribution in [0.1, 0.15) is 36.4 Å². The molecule has 0 aromatic heterocycles. The van der Waals surface area contributed by atoms with Crippen molar-refractivity contribution >= 4 is 23.8 Å². The SMILES string of the molecule is CN1C(=O)O[C@@H](CC(=O)NCCC(=O)O)C[C@H]1c1ccc(C(=N)N)cc1. The van der Waals surface area contributed by atoms with Crippen LogP contribution in [0.2, 0.25) is 0 Å². The molecule has 1 saturated heterocycles. The van der Waals surface area contributed by atoms with E-state index in [1.807, 2.05) is 0 Å². The maximum absolute atomic E-state index is 12.1. The number of benzene rings is 1. The second-order valence-corrected chi connectivity index (χ2v) is 6.10. The van der Waals surface area contributed by atoms with E-state index in [9.17, 15) is 14.4 Å². The van der Waals surface area contributed by atoms with Crippen LogP contribution < -0.4 is 11.1 Å². The first kappa shape index (κ1) is 19.2. The van der Waals surface area contributed by atoms with Gasteiger partial charge in [-0.05, 0) is 5.56 Å². The average Bonchev–Trinajstić information content (AvgIpc) is 2.57. The van der Waals surface area contributed by atoms with Crippen LogP contribution in [0.4, 0.5) is 4.79 Å². The third-order valence-electron chi connectivity index (χ3n) is 4.19. The summed E-state index contributed by atoms with van der Waals surface area (Å²) in [4.78, 5) is 35.9. The summed E-state index contributed by atoms with van der Waals surface area (Å²) in [6.07, 6.45) is -0.888. The molecule has 1 aromatic rings. The number of hydrogen-bond acceptors (Lipinski definition) is 5. The van der Waals surface area contributed by atoms with Gasteiger partial charge >= 0.3 is 12.1 Å². The van der Waals surface area contributed by atoms with Crippen LogP contribution in [0.3, 0.4) is 0 Å². The normalized spacial score (nSPS) is 19.6. The molecule has 9 heteroatoms. The van der Waals surface area contributed by atoms with E-state index in [1.54, 1.807) is 31.3 Å². The van der Waals surface area contributed by atoms with Gasteiger partial charge in [-0.1, -0.05) is 24.3 Å². The highest BCUT2D eigenvalue weighted by molar-refractivity contribution is 5.94. The summed E-state index contributed by atoms with van der Waals surface area (Å²) in [5.41, 5.74) is 6.88. The highest BCUT2D eigenvalue weighted by atomic mass is 16.6.